The van der Waals surface area contributed by atoms with Crippen molar-refractivity contribution in [1.29, 1.82) is 0 Å². The number of aromatic nitrogens is 2. The van der Waals surface area contributed by atoms with Crippen molar-refractivity contribution in [1.82, 2.24) is 15.0 Å². The number of hydrogen-bond donors (Lipinski definition) is 2. The Bertz CT molecular complexity index is 974. The summed E-state index contributed by atoms with van der Waals surface area (Å²) in [5.74, 6) is 6.85. The summed E-state index contributed by atoms with van der Waals surface area (Å²) in [4.78, 5) is 17.3. The molecule has 1 aliphatic heterocycles. The molecular weight excluding hydrogens is 372 g/mol. The van der Waals surface area contributed by atoms with Crippen LogP contribution in [0.4, 0.5) is 0 Å². The van der Waals surface area contributed by atoms with Crippen LogP contribution in [0.2, 0.25) is 0 Å². The molecule has 0 saturated carbocycles. The molecule has 0 radical (unpaired) electrons. The van der Waals surface area contributed by atoms with E-state index in [9.17, 15) is 4.79 Å². The predicted molar refractivity (Wildman–Crippen MR) is 111 cm³/mol. The predicted octanol–water partition coefficient (Wildman–Crippen LogP) is 3.38. The Kier molecular flexibility index (Phi) is 5.25. The van der Waals surface area contributed by atoms with E-state index in [0.29, 0.717) is 11.8 Å². The average molecular weight is 395 g/mol. The van der Waals surface area contributed by atoms with Crippen LogP contribution in [0.15, 0.2) is 66.0 Å². The molecule has 144 valence electrons. The lowest BCUT2D eigenvalue weighted by atomic mass is 10.0. The van der Waals surface area contributed by atoms with E-state index in [1.807, 2.05) is 61.5 Å². The molecule has 7 heteroatoms. The Hall–Kier alpha value is -2.93. The van der Waals surface area contributed by atoms with Crippen LogP contribution in [0.5, 0.6) is 5.75 Å². The normalized spacial score (nSPS) is 16.7. The van der Waals surface area contributed by atoms with Crippen LogP contribution >= 0.6 is 11.8 Å². The first-order valence-corrected chi connectivity index (χ1v) is 10.1. The molecule has 1 aromatic heterocycles. The van der Waals surface area contributed by atoms with Crippen molar-refractivity contribution in [3.63, 3.8) is 0 Å². The van der Waals surface area contributed by atoms with Crippen molar-refractivity contribution in [2.45, 2.75) is 29.8 Å². The molecule has 2 aromatic carbocycles. The highest BCUT2D eigenvalue weighted by atomic mass is 32.2. The molecule has 4 rings (SSSR count). The lowest BCUT2D eigenvalue weighted by molar-refractivity contribution is -0.121. The van der Waals surface area contributed by atoms with Gasteiger partial charge in [-0.15, -0.1) is 0 Å². The second-order valence-corrected chi connectivity index (χ2v) is 7.99. The lowest BCUT2D eigenvalue weighted by Crippen LogP contribution is -2.36. The second-order valence-electron chi connectivity index (χ2n) is 6.68. The third kappa shape index (κ3) is 3.84. The highest BCUT2D eigenvalue weighted by molar-refractivity contribution is 8.00. The van der Waals surface area contributed by atoms with E-state index in [1.165, 1.54) is 16.4 Å². The number of rotatable bonds is 5. The van der Waals surface area contributed by atoms with Gasteiger partial charge in [-0.3, -0.25) is 4.79 Å². The third-order valence-corrected chi connectivity index (χ3v) is 5.77. The standard InChI is InChI=1S/C21H22N4O2S/c1-14(20(26)23-17-11-12-27-19-10-6-5-9-16(17)19)28-21-24-18(13-25(21)22)15-7-3-2-4-8-15/h2-10,13-14,17H,11-12,22H2,1H3,(H,23,26)/t14-,17+/m0/s1. The number of benzene rings is 2. The number of amides is 1. The zero-order valence-corrected chi connectivity index (χ0v) is 16.4. The minimum Gasteiger partial charge on any atom is -0.493 e. The molecule has 0 aliphatic carbocycles. The van der Waals surface area contributed by atoms with Crippen LogP contribution in [-0.2, 0) is 4.79 Å². The van der Waals surface area contributed by atoms with Crippen molar-refractivity contribution >= 4 is 17.7 Å². The number of hydrogen-bond acceptors (Lipinski definition) is 5. The van der Waals surface area contributed by atoms with Crippen LogP contribution < -0.4 is 15.9 Å². The van der Waals surface area contributed by atoms with E-state index in [0.717, 1.165) is 29.0 Å². The number of carbonyl (C=O) groups is 1. The van der Waals surface area contributed by atoms with Crippen LogP contribution in [0.1, 0.15) is 24.9 Å². The first-order valence-electron chi connectivity index (χ1n) is 9.20. The first kappa shape index (κ1) is 18.4. The molecule has 0 saturated heterocycles. The summed E-state index contributed by atoms with van der Waals surface area (Å²) < 4.78 is 7.14. The average Bonchev–Trinajstić information content (AvgIpc) is 3.09. The maximum atomic E-state index is 12.8. The van der Waals surface area contributed by atoms with E-state index in [1.54, 1.807) is 6.20 Å². The van der Waals surface area contributed by atoms with E-state index < -0.39 is 0 Å². The van der Waals surface area contributed by atoms with Gasteiger partial charge < -0.3 is 15.9 Å². The van der Waals surface area contributed by atoms with E-state index in [4.69, 9.17) is 10.6 Å². The molecule has 3 N–H and O–H groups in total. The van der Waals surface area contributed by atoms with Crippen molar-refractivity contribution < 1.29 is 9.53 Å². The van der Waals surface area contributed by atoms with Gasteiger partial charge in [0.1, 0.15) is 5.75 Å². The monoisotopic (exact) mass is 394 g/mol. The minimum absolute atomic E-state index is 0.0435. The molecule has 0 spiro atoms. The van der Waals surface area contributed by atoms with Gasteiger partial charge in [-0.1, -0.05) is 60.3 Å². The van der Waals surface area contributed by atoms with Gasteiger partial charge in [0.25, 0.3) is 0 Å². The Labute approximate surface area is 168 Å². The zero-order chi connectivity index (χ0) is 19.5. The molecule has 3 aromatic rings. The van der Waals surface area contributed by atoms with Crippen LogP contribution in [0.3, 0.4) is 0 Å². The van der Waals surface area contributed by atoms with Gasteiger partial charge in [0, 0.05) is 17.5 Å². The van der Waals surface area contributed by atoms with Gasteiger partial charge in [-0.25, -0.2) is 9.66 Å². The number of nitrogens with two attached hydrogens (primary N) is 1. The molecule has 2 atom stereocenters. The molecule has 1 aliphatic rings. The number of para-hydroxylation sites is 1. The number of imidazole rings is 1. The van der Waals surface area contributed by atoms with Gasteiger partial charge in [0.15, 0.2) is 5.16 Å². The molecule has 2 heterocycles. The summed E-state index contributed by atoms with van der Waals surface area (Å²) in [6.45, 7) is 2.46. The van der Waals surface area contributed by atoms with Gasteiger partial charge in [0.05, 0.1) is 29.8 Å². The highest BCUT2D eigenvalue weighted by Crippen LogP contribution is 2.32. The maximum absolute atomic E-state index is 12.8. The van der Waals surface area contributed by atoms with Gasteiger partial charge in [-0.05, 0) is 13.0 Å². The van der Waals surface area contributed by atoms with Crippen LogP contribution in [0.25, 0.3) is 11.3 Å². The molecule has 6 nitrogen and oxygen atoms in total. The van der Waals surface area contributed by atoms with Crippen molar-refractivity contribution in [2.75, 3.05) is 12.4 Å². The second kappa shape index (κ2) is 7.98. The number of ether oxygens (including phenoxy) is 1. The van der Waals surface area contributed by atoms with Crippen molar-refractivity contribution in [3.8, 4) is 17.0 Å². The number of nitrogens with one attached hydrogen (secondary N) is 1. The quantitative estimate of drug-likeness (QED) is 0.512. The zero-order valence-electron chi connectivity index (χ0n) is 15.5. The third-order valence-electron chi connectivity index (χ3n) is 4.69. The van der Waals surface area contributed by atoms with Gasteiger partial charge in [-0.2, -0.15) is 0 Å². The van der Waals surface area contributed by atoms with Crippen molar-refractivity contribution in [2.24, 2.45) is 0 Å². The molecule has 1 amide bonds. The number of thioether (sulfide) groups is 1. The van der Waals surface area contributed by atoms with Gasteiger partial charge in [0.2, 0.25) is 5.91 Å². The number of nitrogen functional groups attached to an aromatic ring is 1. The van der Waals surface area contributed by atoms with Crippen LogP contribution in [0, 0.1) is 0 Å². The van der Waals surface area contributed by atoms with E-state index in [-0.39, 0.29) is 17.2 Å². The van der Waals surface area contributed by atoms with E-state index >= 15 is 0 Å². The first-order chi connectivity index (χ1) is 13.6. The highest BCUT2D eigenvalue weighted by Gasteiger charge is 2.26. The largest absolute Gasteiger partial charge is 0.493 e. The summed E-state index contributed by atoms with van der Waals surface area (Å²) in [5.41, 5.74) is 2.80. The summed E-state index contributed by atoms with van der Waals surface area (Å²) in [6.07, 6.45) is 2.53. The number of fused-ring (bicyclic) bond motifs is 1. The van der Waals surface area contributed by atoms with E-state index in [2.05, 4.69) is 10.3 Å². The lowest BCUT2D eigenvalue weighted by Gasteiger charge is -2.27. The fourth-order valence-corrected chi connectivity index (χ4v) is 4.02. The summed E-state index contributed by atoms with van der Waals surface area (Å²) in [6, 6.07) is 17.6. The summed E-state index contributed by atoms with van der Waals surface area (Å²) >= 11 is 1.35. The summed E-state index contributed by atoms with van der Waals surface area (Å²) in [5, 5.41) is 3.41. The number of carbonyl (C=O) groups excluding carboxylic acids is 1. The Morgan fingerprint density at radius 1 is 1.25 bits per heavy atom. The molecule has 0 bridgehead atoms. The van der Waals surface area contributed by atoms with Crippen LogP contribution in [-0.4, -0.2) is 27.4 Å². The molecule has 0 unspecified atom stereocenters. The maximum Gasteiger partial charge on any atom is 0.233 e. The topological polar surface area (TPSA) is 82.2 Å². The smallest absolute Gasteiger partial charge is 0.233 e. The molecule has 0 fully saturated rings. The molecule has 28 heavy (non-hydrogen) atoms. The summed E-state index contributed by atoms with van der Waals surface area (Å²) in [7, 11) is 0. The van der Waals surface area contributed by atoms with Gasteiger partial charge >= 0.3 is 0 Å². The molecular formula is C21H22N4O2S. The fraction of sp³-hybridized carbons (Fsp3) is 0.238. The Morgan fingerprint density at radius 2 is 2.00 bits per heavy atom. The van der Waals surface area contributed by atoms with Crippen molar-refractivity contribution in [3.05, 3.63) is 66.4 Å². The Morgan fingerprint density at radius 3 is 2.82 bits per heavy atom. The number of nitrogens with zero attached hydrogens (tertiary/aromatic N) is 2. The SMILES string of the molecule is C[C@H](Sc1nc(-c2ccccc2)cn1N)C(=O)N[C@@H]1CCOc2ccccc21. The Balaban J connectivity index is 1.44. The fourth-order valence-electron chi connectivity index (χ4n) is 3.20. The minimum atomic E-state index is -0.330.